The molecule has 5 N–H and O–H groups in total. The fraction of sp³-hybridized carbons (Fsp3) is 0.350. The number of nitrogens with zero attached hydrogens (tertiary/aromatic N) is 2. The average molecular weight is 418 g/mol. The minimum atomic E-state index is -4.48. The highest BCUT2D eigenvalue weighted by Crippen LogP contribution is 2.32. The van der Waals surface area contributed by atoms with E-state index in [1.54, 1.807) is 6.07 Å². The number of nitrogens with two attached hydrogens (primary N) is 1. The highest BCUT2D eigenvalue weighted by atomic mass is 19.4. The van der Waals surface area contributed by atoms with E-state index in [0.29, 0.717) is 5.52 Å². The Morgan fingerprint density at radius 3 is 2.70 bits per heavy atom. The van der Waals surface area contributed by atoms with Crippen LogP contribution < -0.4 is 21.9 Å². The van der Waals surface area contributed by atoms with Gasteiger partial charge in [0.25, 0.3) is 5.56 Å². The van der Waals surface area contributed by atoms with E-state index in [1.165, 1.54) is 18.3 Å². The van der Waals surface area contributed by atoms with E-state index in [-0.39, 0.29) is 34.9 Å². The lowest BCUT2D eigenvalue weighted by Gasteiger charge is -2.29. The molecule has 1 aliphatic rings. The van der Waals surface area contributed by atoms with Gasteiger partial charge in [0.1, 0.15) is 11.2 Å². The summed E-state index contributed by atoms with van der Waals surface area (Å²) in [5, 5.41) is 6.23. The zero-order chi connectivity index (χ0) is 21.3. The van der Waals surface area contributed by atoms with Gasteiger partial charge in [-0.15, -0.1) is 0 Å². The van der Waals surface area contributed by atoms with Gasteiger partial charge in [-0.05, 0) is 37.1 Å². The molecule has 1 aromatic carbocycles. The van der Waals surface area contributed by atoms with Crippen LogP contribution in [0.5, 0.6) is 0 Å². The summed E-state index contributed by atoms with van der Waals surface area (Å²) in [6.45, 7) is 0. The maximum atomic E-state index is 13.1. The molecule has 0 spiro atoms. The van der Waals surface area contributed by atoms with Crippen molar-refractivity contribution in [1.29, 1.82) is 0 Å². The Kier molecular flexibility index (Phi) is 5.33. The number of hydrogen-bond donors (Lipinski definition) is 4. The van der Waals surface area contributed by atoms with Crippen molar-refractivity contribution in [3.63, 3.8) is 0 Å². The Morgan fingerprint density at radius 1 is 1.13 bits per heavy atom. The lowest BCUT2D eigenvalue weighted by molar-refractivity contribution is -0.137. The van der Waals surface area contributed by atoms with Crippen molar-refractivity contribution in [3.05, 3.63) is 52.4 Å². The topological polar surface area (TPSA) is 109 Å². The lowest BCUT2D eigenvalue weighted by atomic mass is 9.91. The van der Waals surface area contributed by atoms with Crippen molar-refractivity contribution in [3.8, 4) is 0 Å². The first kappa shape index (κ1) is 20.1. The van der Waals surface area contributed by atoms with Crippen LogP contribution in [0, 0.1) is 0 Å². The van der Waals surface area contributed by atoms with E-state index in [0.717, 1.165) is 37.8 Å². The van der Waals surface area contributed by atoms with Crippen LogP contribution in [0.15, 0.2) is 41.3 Å². The summed E-state index contributed by atoms with van der Waals surface area (Å²) in [6, 6.07) is 6.27. The van der Waals surface area contributed by atoms with Crippen molar-refractivity contribution in [2.75, 3.05) is 10.6 Å². The highest BCUT2D eigenvalue weighted by Gasteiger charge is 2.30. The number of hydrogen-bond acceptors (Lipinski definition) is 6. The van der Waals surface area contributed by atoms with Crippen molar-refractivity contribution in [1.82, 2.24) is 15.0 Å². The van der Waals surface area contributed by atoms with Gasteiger partial charge < -0.3 is 21.4 Å². The molecule has 0 saturated heterocycles. The summed E-state index contributed by atoms with van der Waals surface area (Å²) in [5.74, 6) is 0.387. The molecule has 0 amide bonds. The Balaban J connectivity index is 1.73. The van der Waals surface area contributed by atoms with E-state index in [2.05, 4.69) is 25.6 Å². The van der Waals surface area contributed by atoms with Crippen molar-refractivity contribution < 1.29 is 13.2 Å². The smallest absolute Gasteiger partial charge is 0.350 e. The second kappa shape index (κ2) is 7.94. The molecular formula is C20H21F3N6O. The predicted molar refractivity (Wildman–Crippen MR) is 109 cm³/mol. The Bertz CT molecular complexity index is 1110. The number of nitrogens with one attached hydrogen (secondary N) is 3. The third-order valence-corrected chi connectivity index (χ3v) is 5.21. The molecule has 1 saturated carbocycles. The van der Waals surface area contributed by atoms with Gasteiger partial charge in [0.15, 0.2) is 0 Å². The predicted octanol–water partition coefficient (Wildman–Crippen LogP) is 3.76. The third-order valence-electron chi connectivity index (χ3n) is 5.21. The van der Waals surface area contributed by atoms with Crippen molar-refractivity contribution >= 4 is 28.4 Å². The number of fused-ring (bicyclic) bond motifs is 1. The first-order chi connectivity index (χ1) is 14.3. The molecule has 10 heteroatoms. The minimum Gasteiger partial charge on any atom is -0.350 e. The molecule has 0 radical (unpaired) electrons. The van der Waals surface area contributed by atoms with E-state index in [9.17, 15) is 18.0 Å². The summed E-state index contributed by atoms with van der Waals surface area (Å²) in [5.41, 5.74) is 5.48. The molecule has 1 aliphatic carbocycles. The van der Waals surface area contributed by atoms with Gasteiger partial charge in [-0.1, -0.05) is 18.9 Å². The second-order valence-corrected chi connectivity index (χ2v) is 7.37. The molecule has 4 rings (SSSR count). The minimum absolute atomic E-state index is 0.0143. The largest absolute Gasteiger partial charge is 0.416 e. The Hall–Kier alpha value is -3.14. The normalized spacial score (nSPS) is 19.6. The standard InChI is InChI=1S/C20H21F3N6O/c21-20(22,23)11-4-3-5-12(10-11)26-17-16-15(8-9-25-18(16)30)28-19(29-17)27-14-7-2-1-6-13(14)24/h3-5,8-10,13-14H,1-2,6-7,24H2,(H,25,30)(H2,26,27,28,29)/t13-,14-/m0/s1. The van der Waals surface area contributed by atoms with Crippen LogP contribution >= 0.6 is 0 Å². The number of aromatic nitrogens is 3. The van der Waals surface area contributed by atoms with E-state index in [1.807, 2.05) is 0 Å². The van der Waals surface area contributed by atoms with Crippen molar-refractivity contribution in [2.45, 2.75) is 43.9 Å². The lowest BCUT2D eigenvalue weighted by Crippen LogP contribution is -2.43. The van der Waals surface area contributed by atoms with E-state index < -0.39 is 17.3 Å². The fourth-order valence-corrected chi connectivity index (χ4v) is 3.66. The molecule has 2 atom stereocenters. The van der Waals surface area contributed by atoms with E-state index in [4.69, 9.17) is 5.73 Å². The number of anilines is 3. The molecule has 158 valence electrons. The summed E-state index contributed by atoms with van der Waals surface area (Å²) in [7, 11) is 0. The van der Waals surface area contributed by atoms with Gasteiger partial charge in [0.2, 0.25) is 5.95 Å². The first-order valence-electron chi connectivity index (χ1n) is 9.67. The molecular weight excluding hydrogens is 397 g/mol. The maximum absolute atomic E-state index is 13.1. The molecule has 2 aromatic heterocycles. The van der Waals surface area contributed by atoms with Crippen LogP contribution in [-0.2, 0) is 6.18 Å². The zero-order valence-electron chi connectivity index (χ0n) is 16.0. The van der Waals surface area contributed by atoms with Gasteiger partial charge in [0, 0.05) is 24.0 Å². The van der Waals surface area contributed by atoms with Crippen LogP contribution in [-0.4, -0.2) is 27.0 Å². The molecule has 7 nitrogen and oxygen atoms in total. The molecule has 0 aliphatic heterocycles. The SMILES string of the molecule is N[C@H]1CCCC[C@@H]1Nc1nc(Nc2cccc(C(F)(F)F)c2)c2c(=O)[nH]ccc2n1. The maximum Gasteiger partial charge on any atom is 0.416 e. The highest BCUT2D eigenvalue weighted by molar-refractivity contribution is 5.90. The van der Waals surface area contributed by atoms with Crippen LogP contribution in [0.4, 0.5) is 30.6 Å². The van der Waals surface area contributed by atoms with Gasteiger partial charge >= 0.3 is 6.18 Å². The van der Waals surface area contributed by atoms with Crippen LogP contribution in [0.25, 0.3) is 10.9 Å². The molecule has 2 heterocycles. The summed E-state index contributed by atoms with van der Waals surface area (Å²) < 4.78 is 39.2. The number of H-pyrrole nitrogens is 1. The molecule has 30 heavy (non-hydrogen) atoms. The van der Waals surface area contributed by atoms with Gasteiger partial charge in [0.05, 0.1) is 11.1 Å². The first-order valence-corrected chi connectivity index (χ1v) is 9.67. The summed E-state index contributed by atoms with van der Waals surface area (Å²) >= 11 is 0. The van der Waals surface area contributed by atoms with Gasteiger partial charge in [-0.25, -0.2) is 4.98 Å². The number of halogens is 3. The van der Waals surface area contributed by atoms with Crippen LogP contribution in [0.3, 0.4) is 0 Å². The van der Waals surface area contributed by atoms with Crippen molar-refractivity contribution in [2.24, 2.45) is 5.73 Å². The van der Waals surface area contributed by atoms with Gasteiger partial charge in [-0.2, -0.15) is 18.2 Å². The number of rotatable bonds is 4. The second-order valence-electron chi connectivity index (χ2n) is 7.37. The number of aromatic amines is 1. The van der Waals surface area contributed by atoms with Crippen LogP contribution in [0.1, 0.15) is 31.2 Å². The number of benzene rings is 1. The summed E-state index contributed by atoms with van der Waals surface area (Å²) in [6.07, 6.45) is 0.840. The quantitative estimate of drug-likeness (QED) is 0.514. The number of pyridine rings is 1. The average Bonchev–Trinajstić information content (AvgIpc) is 2.69. The fourth-order valence-electron chi connectivity index (χ4n) is 3.66. The monoisotopic (exact) mass is 418 g/mol. The zero-order valence-corrected chi connectivity index (χ0v) is 16.0. The molecule has 1 fully saturated rings. The molecule has 3 aromatic rings. The Labute approximate surface area is 169 Å². The Morgan fingerprint density at radius 2 is 1.93 bits per heavy atom. The summed E-state index contributed by atoms with van der Waals surface area (Å²) in [4.78, 5) is 23.7. The molecule has 0 bridgehead atoms. The number of alkyl halides is 3. The van der Waals surface area contributed by atoms with E-state index >= 15 is 0 Å². The van der Waals surface area contributed by atoms with Crippen LogP contribution in [0.2, 0.25) is 0 Å². The third kappa shape index (κ3) is 4.23. The molecule has 0 unspecified atom stereocenters. The van der Waals surface area contributed by atoms with Gasteiger partial charge in [-0.3, -0.25) is 4.79 Å².